The van der Waals surface area contributed by atoms with Crippen LogP contribution in [0, 0.1) is 11.3 Å². The van der Waals surface area contributed by atoms with Gasteiger partial charge in [-0.25, -0.2) is 8.42 Å². The minimum atomic E-state index is -3.59. The molecule has 21 heavy (non-hydrogen) atoms. The molecule has 0 fully saturated rings. The average molecular weight is 365 g/mol. The van der Waals surface area contributed by atoms with Crippen molar-refractivity contribution in [3.05, 3.63) is 59.7 Å². The first kappa shape index (κ1) is 15.5. The Balaban J connectivity index is 2.18. The molecule has 0 aliphatic heterocycles. The maximum absolute atomic E-state index is 12.2. The van der Waals surface area contributed by atoms with Crippen molar-refractivity contribution < 1.29 is 8.42 Å². The van der Waals surface area contributed by atoms with E-state index in [1.807, 2.05) is 6.07 Å². The van der Waals surface area contributed by atoms with E-state index in [1.54, 1.807) is 48.5 Å². The molecule has 2 rings (SSSR count). The average Bonchev–Trinajstić information content (AvgIpc) is 2.49. The number of anilines is 1. The predicted octanol–water partition coefficient (Wildman–Crippen LogP) is 3.45. The summed E-state index contributed by atoms with van der Waals surface area (Å²) in [5.74, 6) is 0. The van der Waals surface area contributed by atoms with Gasteiger partial charge in [0, 0.05) is 11.0 Å². The zero-order chi connectivity index (χ0) is 15.3. The van der Waals surface area contributed by atoms with Crippen LogP contribution in [0.5, 0.6) is 0 Å². The monoisotopic (exact) mass is 364 g/mol. The Labute approximate surface area is 132 Å². The summed E-state index contributed by atoms with van der Waals surface area (Å²) in [6.45, 7) is 0. The summed E-state index contributed by atoms with van der Waals surface area (Å²) in [6.07, 6.45) is 0.307. The number of alkyl halides is 1. The van der Waals surface area contributed by atoms with Gasteiger partial charge in [-0.3, -0.25) is 4.72 Å². The molecule has 0 radical (unpaired) electrons. The Kier molecular flexibility index (Phi) is 4.99. The van der Waals surface area contributed by atoms with Crippen molar-refractivity contribution in [2.45, 2.75) is 16.6 Å². The number of hydrogen-bond donors (Lipinski definition) is 1. The highest BCUT2D eigenvalue weighted by Gasteiger charge is 2.13. The van der Waals surface area contributed by atoms with Gasteiger partial charge in [-0.05, 0) is 35.4 Å². The van der Waals surface area contributed by atoms with Crippen LogP contribution in [-0.4, -0.2) is 8.42 Å². The topological polar surface area (TPSA) is 70.0 Å². The van der Waals surface area contributed by atoms with Crippen molar-refractivity contribution in [3.8, 4) is 6.07 Å². The van der Waals surface area contributed by atoms with Crippen molar-refractivity contribution >= 4 is 31.6 Å². The fraction of sp³-hybridized carbons (Fsp3) is 0.133. The summed E-state index contributed by atoms with van der Waals surface area (Å²) in [6, 6.07) is 15.5. The molecule has 6 heteroatoms. The number of rotatable bonds is 5. The van der Waals surface area contributed by atoms with E-state index >= 15 is 0 Å². The molecule has 0 aliphatic carbocycles. The van der Waals surface area contributed by atoms with Crippen LogP contribution in [0.3, 0.4) is 0 Å². The fourth-order valence-electron chi connectivity index (χ4n) is 1.75. The molecule has 0 saturated heterocycles. The molecule has 0 heterocycles. The van der Waals surface area contributed by atoms with Crippen molar-refractivity contribution in [1.29, 1.82) is 5.26 Å². The summed E-state index contributed by atoms with van der Waals surface area (Å²) in [5, 5.41) is 9.28. The fourth-order valence-corrected chi connectivity index (χ4v) is 3.19. The van der Waals surface area contributed by atoms with Gasteiger partial charge in [0.2, 0.25) is 0 Å². The van der Waals surface area contributed by atoms with Crippen molar-refractivity contribution in [2.75, 3.05) is 4.72 Å². The molecule has 4 nitrogen and oxygen atoms in total. The van der Waals surface area contributed by atoms with Crippen LogP contribution in [0.15, 0.2) is 53.4 Å². The maximum Gasteiger partial charge on any atom is 0.261 e. The molecule has 108 valence electrons. The highest BCUT2D eigenvalue weighted by atomic mass is 79.9. The summed E-state index contributed by atoms with van der Waals surface area (Å²) in [7, 11) is -3.59. The number of halogens is 1. The molecule has 0 aliphatic rings. The second-order valence-corrected chi connectivity index (χ2v) is 6.66. The van der Waals surface area contributed by atoms with E-state index in [2.05, 4.69) is 20.7 Å². The third-order valence-corrected chi connectivity index (χ3v) is 4.92. The normalized spacial score (nSPS) is 10.9. The van der Waals surface area contributed by atoms with E-state index in [0.29, 0.717) is 17.4 Å². The van der Waals surface area contributed by atoms with Gasteiger partial charge in [0.15, 0.2) is 0 Å². The van der Waals surface area contributed by atoms with Crippen LogP contribution in [0.2, 0.25) is 0 Å². The molecule has 0 aromatic heterocycles. The summed E-state index contributed by atoms with van der Waals surface area (Å²) in [5.41, 5.74) is 2.33. The molecule has 0 amide bonds. The number of hydrogen-bond acceptors (Lipinski definition) is 3. The van der Waals surface area contributed by atoms with E-state index in [-0.39, 0.29) is 4.90 Å². The number of benzene rings is 2. The number of nitriles is 1. The molecule has 0 saturated carbocycles. The lowest BCUT2D eigenvalue weighted by Crippen LogP contribution is -2.12. The van der Waals surface area contributed by atoms with Crippen LogP contribution in [0.4, 0.5) is 5.69 Å². The molecule has 0 unspecified atom stereocenters. The Morgan fingerprint density at radius 2 is 1.57 bits per heavy atom. The largest absolute Gasteiger partial charge is 0.280 e. The Hall–Kier alpha value is -1.84. The zero-order valence-corrected chi connectivity index (χ0v) is 13.5. The van der Waals surface area contributed by atoms with Gasteiger partial charge >= 0.3 is 0 Å². The highest BCUT2D eigenvalue weighted by molar-refractivity contribution is 9.08. The first-order chi connectivity index (χ1) is 10.0. The van der Waals surface area contributed by atoms with E-state index in [1.165, 1.54) is 0 Å². The van der Waals surface area contributed by atoms with Gasteiger partial charge in [-0.15, -0.1) is 0 Å². The molecular formula is C15H13BrN2O2S. The lowest BCUT2D eigenvalue weighted by molar-refractivity contribution is 0.601. The summed E-state index contributed by atoms with van der Waals surface area (Å²) >= 11 is 3.32. The molecule has 1 N–H and O–H groups in total. The van der Waals surface area contributed by atoms with E-state index in [9.17, 15) is 8.42 Å². The molecule has 2 aromatic carbocycles. The number of nitrogens with zero attached hydrogens (tertiary/aromatic N) is 1. The molecule has 0 atom stereocenters. The smallest absolute Gasteiger partial charge is 0.261 e. The minimum absolute atomic E-state index is 0.216. The van der Waals surface area contributed by atoms with Gasteiger partial charge in [0.05, 0.1) is 17.4 Å². The van der Waals surface area contributed by atoms with Crippen molar-refractivity contribution in [3.63, 3.8) is 0 Å². The van der Waals surface area contributed by atoms with Gasteiger partial charge in [-0.2, -0.15) is 5.26 Å². The molecule has 0 bridgehead atoms. The summed E-state index contributed by atoms with van der Waals surface area (Å²) in [4.78, 5) is 0.216. The highest BCUT2D eigenvalue weighted by Crippen LogP contribution is 2.18. The quantitative estimate of drug-likeness (QED) is 0.825. The van der Waals surface area contributed by atoms with Gasteiger partial charge in [-0.1, -0.05) is 40.2 Å². The second kappa shape index (κ2) is 6.74. The van der Waals surface area contributed by atoms with Gasteiger partial charge in [0.25, 0.3) is 10.0 Å². The zero-order valence-electron chi connectivity index (χ0n) is 11.1. The Bertz CT molecular complexity index is 748. The molecule has 2 aromatic rings. The van der Waals surface area contributed by atoms with E-state index in [4.69, 9.17) is 5.26 Å². The molecular weight excluding hydrogens is 352 g/mol. The summed E-state index contributed by atoms with van der Waals surface area (Å²) < 4.78 is 27.0. The Morgan fingerprint density at radius 1 is 1.00 bits per heavy atom. The predicted molar refractivity (Wildman–Crippen MR) is 85.6 cm³/mol. The van der Waals surface area contributed by atoms with Gasteiger partial charge < -0.3 is 0 Å². The second-order valence-electron chi connectivity index (χ2n) is 4.41. The lowest BCUT2D eigenvalue weighted by Gasteiger charge is -2.09. The lowest BCUT2D eigenvalue weighted by atomic mass is 10.1. The third-order valence-electron chi connectivity index (χ3n) is 2.88. The Morgan fingerprint density at radius 3 is 2.10 bits per heavy atom. The van der Waals surface area contributed by atoms with Crippen LogP contribution < -0.4 is 4.72 Å². The van der Waals surface area contributed by atoms with Gasteiger partial charge in [0.1, 0.15) is 0 Å². The third kappa shape index (κ3) is 4.06. The first-order valence-electron chi connectivity index (χ1n) is 6.19. The number of sulfonamides is 1. The van der Waals surface area contributed by atoms with Crippen LogP contribution in [-0.2, 0) is 21.8 Å². The van der Waals surface area contributed by atoms with Crippen LogP contribution in [0.1, 0.15) is 11.1 Å². The van der Waals surface area contributed by atoms with Crippen LogP contribution in [0.25, 0.3) is 0 Å². The van der Waals surface area contributed by atoms with Crippen LogP contribution >= 0.6 is 15.9 Å². The first-order valence-corrected chi connectivity index (χ1v) is 8.79. The van der Waals surface area contributed by atoms with Crippen molar-refractivity contribution in [2.24, 2.45) is 0 Å². The van der Waals surface area contributed by atoms with E-state index in [0.717, 1.165) is 11.1 Å². The number of nitrogens with one attached hydrogen (secondary N) is 1. The standard InChI is InChI=1S/C15H13BrN2O2S/c16-11-13-3-7-15(8-4-13)21(19,20)18-14-5-1-12(2-6-14)9-10-17/h1-8,18H,9,11H2. The maximum atomic E-state index is 12.2. The SMILES string of the molecule is N#CCc1ccc(NS(=O)(=O)c2ccc(CBr)cc2)cc1. The van der Waals surface area contributed by atoms with Crippen molar-refractivity contribution in [1.82, 2.24) is 0 Å². The van der Waals surface area contributed by atoms with E-state index < -0.39 is 10.0 Å². The molecule has 0 spiro atoms. The minimum Gasteiger partial charge on any atom is -0.280 e.